The number of halogens is 1. The van der Waals surface area contributed by atoms with Crippen LogP contribution in [0.4, 0.5) is 0 Å². The van der Waals surface area contributed by atoms with Gasteiger partial charge >= 0.3 is 5.97 Å². The molecule has 24 heavy (non-hydrogen) atoms. The second kappa shape index (κ2) is 7.00. The van der Waals surface area contributed by atoms with E-state index < -0.39 is 17.9 Å². The van der Waals surface area contributed by atoms with E-state index in [0.29, 0.717) is 5.82 Å². The molecule has 0 radical (unpaired) electrons. The van der Waals surface area contributed by atoms with Gasteiger partial charge in [0.1, 0.15) is 11.7 Å². The standard InChI is InChI=1S/C16H19ClN4O3/c1-8(2)13(16(23)24)19-15(22)14-11(17)5-6-12(18-14)21-10(4)7-9(3)20-21/h5-8,13H,1-4H3,(H,19,22)(H,23,24)/t13-/m1/s1. The first-order valence-corrected chi connectivity index (χ1v) is 7.82. The van der Waals surface area contributed by atoms with Crippen LogP contribution in [0.5, 0.6) is 0 Å². The van der Waals surface area contributed by atoms with E-state index in [1.165, 1.54) is 0 Å². The van der Waals surface area contributed by atoms with Gasteiger partial charge < -0.3 is 10.4 Å². The fourth-order valence-electron chi connectivity index (χ4n) is 2.29. The molecule has 0 aliphatic carbocycles. The van der Waals surface area contributed by atoms with Crippen molar-refractivity contribution in [2.24, 2.45) is 5.92 Å². The summed E-state index contributed by atoms with van der Waals surface area (Å²) < 4.78 is 1.60. The number of hydrogen-bond donors (Lipinski definition) is 2. The topological polar surface area (TPSA) is 97.1 Å². The summed E-state index contributed by atoms with van der Waals surface area (Å²) in [4.78, 5) is 27.9. The second-order valence-electron chi connectivity index (χ2n) is 5.87. The lowest BCUT2D eigenvalue weighted by Crippen LogP contribution is -2.44. The predicted octanol–water partition coefficient (Wildman–Crippen LogP) is 2.38. The molecule has 0 spiro atoms. The van der Waals surface area contributed by atoms with Crippen LogP contribution in [0.2, 0.25) is 5.02 Å². The third-order valence-electron chi connectivity index (χ3n) is 3.49. The van der Waals surface area contributed by atoms with Crippen molar-refractivity contribution in [3.8, 4) is 5.82 Å². The Morgan fingerprint density at radius 3 is 2.46 bits per heavy atom. The summed E-state index contributed by atoms with van der Waals surface area (Å²) in [5, 5.41) is 16.1. The van der Waals surface area contributed by atoms with Crippen LogP contribution in [-0.4, -0.2) is 37.8 Å². The zero-order valence-electron chi connectivity index (χ0n) is 13.9. The number of pyridine rings is 1. The number of aromatic nitrogens is 3. The number of carbonyl (C=O) groups excluding carboxylic acids is 1. The van der Waals surface area contributed by atoms with Gasteiger partial charge in [0.15, 0.2) is 5.82 Å². The van der Waals surface area contributed by atoms with Crippen LogP contribution in [0, 0.1) is 19.8 Å². The Bertz CT molecular complexity index is 786. The van der Waals surface area contributed by atoms with Crippen LogP contribution in [-0.2, 0) is 4.79 Å². The SMILES string of the molecule is Cc1cc(C)n(-c2ccc(Cl)c(C(=O)N[C@@H](C(=O)O)C(C)C)n2)n1. The Morgan fingerprint density at radius 2 is 1.96 bits per heavy atom. The molecule has 0 saturated carbocycles. The van der Waals surface area contributed by atoms with Crippen molar-refractivity contribution in [3.63, 3.8) is 0 Å². The molecular formula is C16H19ClN4O3. The first-order chi connectivity index (χ1) is 11.2. The Morgan fingerprint density at radius 1 is 1.29 bits per heavy atom. The van der Waals surface area contributed by atoms with Gasteiger partial charge in [0, 0.05) is 5.69 Å². The molecule has 2 N–H and O–H groups in total. The highest BCUT2D eigenvalue weighted by Gasteiger charge is 2.26. The van der Waals surface area contributed by atoms with Crippen molar-refractivity contribution >= 4 is 23.5 Å². The number of nitrogens with one attached hydrogen (secondary N) is 1. The second-order valence-corrected chi connectivity index (χ2v) is 6.28. The maximum absolute atomic E-state index is 12.4. The molecule has 1 amide bonds. The summed E-state index contributed by atoms with van der Waals surface area (Å²) in [6.45, 7) is 7.14. The molecule has 0 unspecified atom stereocenters. The van der Waals surface area contributed by atoms with Crippen molar-refractivity contribution in [1.29, 1.82) is 0 Å². The van der Waals surface area contributed by atoms with Crippen LogP contribution in [0.25, 0.3) is 5.82 Å². The number of carboxylic acids is 1. The summed E-state index contributed by atoms with van der Waals surface area (Å²) in [5.41, 5.74) is 1.65. The number of aliphatic carboxylic acids is 1. The average Bonchev–Trinajstić information content (AvgIpc) is 2.83. The zero-order chi connectivity index (χ0) is 18.0. The molecule has 2 rings (SSSR count). The molecule has 1 atom stereocenters. The number of aryl methyl sites for hydroxylation is 2. The lowest BCUT2D eigenvalue weighted by Gasteiger charge is -2.18. The van der Waals surface area contributed by atoms with Crippen molar-refractivity contribution in [1.82, 2.24) is 20.1 Å². The molecule has 0 bridgehead atoms. The van der Waals surface area contributed by atoms with E-state index in [4.69, 9.17) is 11.6 Å². The van der Waals surface area contributed by atoms with Gasteiger partial charge in [-0.1, -0.05) is 25.4 Å². The van der Waals surface area contributed by atoms with Crippen LogP contribution < -0.4 is 5.32 Å². The monoisotopic (exact) mass is 350 g/mol. The van der Waals surface area contributed by atoms with Crippen molar-refractivity contribution in [2.75, 3.05) is 0 Å². The quantitative estimate of drug-likeness (QED) is 0.862. The molecule has 0 saturated heterocycles. The molecule has 0 aliphatic rings. The van der Waals surface area contributed by atoms with Crippen LogP contribution >= 0.6 is 11.6 Å². The molecule has 2 aromatic heterocycles. The van der Waals surface area contributed by atoms with Gasteiger partial charge in [-0.2, -0.15) is 5.10 Å². The van der Waals surface area contributed by atoms with E-state index >= 15 is 0 Å². The van der Waals surface area contributed by atoms with Gasteiger partial charge in [-0.3, -0.25) is 4.79 Å². The summed E-state index contributed by atoms with van der Waals surface area (Å²) in [6, 6.07) is 4.05. The minimum absolute atomic E-state index is 0.0337. The molecule has 0 aliphatic heterocycles. The molecule has 0 fully saturated rings. The maximum atomic E-state index is 12.4. The van der Waals surface area contributed by atoms with Crippen LogP contribution in [0.15, 0.2) is 18.2 Å². The zero-order valence-corrected chi connectivity index (χ0v) is 14.6. The Labute approximate surface area is 144 Å². The third-order valence-corrected chi connectivity index (χ3v) is 3.80. The van der Waals surface area contributed by atoms with Crippen LogP contribution in [0.3, 0.4) is 0 Å². The molecule has 128 valence electrons. The molecular weight excluding hydrogens is 332 g/mol. The normalized spacial score (nSPS) is 12.2. The van der Waals surface area contributed by atoms with E-state index in [0.717, 1.165) is 11.4 Å². The van der Waals surface area contributed by atoms with Crippen molar-refractivity contribution in [3.05, 3.63) is 40.3 Å². The van der Waals surface area contributed by atoms with Gasteiger partial charge in [0.25, 0.3) is 5.91 Å². The lowest BCUT2D eigenvalue weighted by atomic mass is 10.0. The van der Waals surface area contributed by atoms with Gasteiger partial charge in [0.2, 0.25) is 0 Å². The Kier molecular flexibility index (Phi) is 5.23. The summed E-state index contributed by atoms with van der Waals surface area (Å²) in [6.07, 6.45) is 0. The highest BCUT2D eigenvalue weighted by Crippen LogP contribution is 2.18. The highest BCUT2D eigenvalue weighted by molar-refractivity contribution is 6.33. The predicted molar refractivity (Wildman–Crippen MR) is 89.6 cm³/mol. The highest BCUT2D eigenvalue weighted by atomic mass is 35.5. The molecule has 2 aromatic rings. The van der Waals surface area contributed by atoms with Gasteiger partial charge in [-0.05, 0) is 38.0 Å². The Hall–Kier alpha value is -2.41. The minimum atomic E-state index is -1.11. The van der Waals surface area contributed by atoms with Crippen molar-refractivity contribution in [2.45, 2.75) is 33.7 Å². The number of rotatable bonds is 5. The van der Waals surface area contributed by atoms with Gasteiger partial charge in [-0.15, -0.1) is 0 Å². The Balaban J connectivity index is 2.36. The number of nitrogens with zero attached hydrogens (tertiary/aromatic N) is 3. The van der Waals surface area contributed by atoms with Crippen LogP contribution in [0.1, 0.15) is 35.7 Å². The van der Waals surface area contributed by atoms with E-state index in [2.05, 4.69) is 15.4 Å². The third kappa shape index (κ3) is 3.73. The molecule has 0 aromatic carbocycles. The largest absolute Gasteiger partial charge is 0.480 e. The van der Waals surface area contributed by atoms with Gasteiger partial charge in [-0.25, -0.2) is 14.5 Å². The molecule has 7 nitrogen and oxygen atoms in total. The first kappa shape index (κ1) is 17.9. The number of carboxylic acid groups (broad SMARTS) is 1. The summed E-state index contributed by atoms with van der Waals surface area (Å²) >= 11 is 6.07. The van der Waals surface area contributed by atoms with E-state index in [-0.39, 0.29) is 16.6 Å². The van der Waals surface area contributed by atoms with E-state index in [1.54, 1.807) is 30.7 Å². The number of carbonyl (C=O) groups is 2. The smallest absolute Gasteiger partial charge is 0.326 e. The fourth-order valence-corrected chi connectivity index (χ4v) is 2.48. The first-order valence-electron chi connectivity index (χ1n) is 7.44. The maximum Gasteiger partial charge on any atom is 0.326 e. The lowest BCUT2D eigenvalue weighted by molar-refractivity contribution is -0.140. The van der Waals surface area contributed by atoms with E-state index in [9.17, 15) is 14.7 Å². The van der Waals surface area contributed by atoms with Crippen molar-refractivity contribution < 1.29 is 14.7 Å². The summed E-state index contributed by atoms with van der Waals surface area (Å²) in [7, 11) is 0. The van der Waals surface area contributed by atoms with E-state index in [1.807, 2.05) is 19.9 Å². The average molecular weight is 351 g/mol. The molecule has 2 heterocycles. The fraction of sp³-hybridized carbons (Fsp3) is 0.375. The minimum Gasteiger partial charge on any atom is -0.480 e. The number of amides is 1. The van der Waals surface area contributed by atoms with Gasteiger partial charge in [0.05, 0.1) is 10.7 Å². The number of hydrogen-bond acceptors (Lipinski definition) is 4. The summed E-state index contributed by atoms with van der Waals surface area (Å²) in [5.74, 6) is -1.58. The molecule has 8 heteroatoms.